The number of nitrogens with zero attached hydrogens (tertiary/aromatic N) is 2. The summed E-state index contributed by atoms with van der Waals surface area (Å²) in [6, 6.07) is 12.6. The third-order valence-electron chi connectivity index (χ3n) is 5.54. The van der Waals surface area contributed by atoms with Gasteiger partial charge in [-0.05, 0) is 24.3 Å². The van der Waals surface area contributed by atoms with E-state index < -0.39 is 5.54 Å². The summed E-state index contributed by atoms with van der Waals surface area (Å²) in [7, 11) is 0. The Kier molecular flexibility index (Phi) is 6.09. The largest absolute Gasteiger partial charge is 0.336 e. The van der Waals surface area contributed by atoms with Gasteiger partial charge >= 0.3 is 0 Å². The lowest BCUT2D eigenvalue weighted by atomic mass is 9.86. The number of rotatable bonds is 6. The first-order valence-electron chi connectivity index (χ1n) is 9.52. The van der Waals surface area contributed by atoms with E-state index in [2.05, 4.69) is 28.4 Å². The Morgan fingerprint density at radius 3 is 2.76 bits per heavy atom. The summed E-state index contributed by atoms with van der Waals surface area (Å²) >= 11 is 0. The van der Waals surface area contributed by atoms with Gasteiger partial charge in [-0.15, -0.1) is 0 Å². The van der Waals surface area contributed by atoms with Crippen LogP contribution in [0.2, 0.25) is 0 Å². The zero-order valence-corrected chi connectivity index (χ0v) is 14.9. The third-order valence-corrected chi connectivity index (χ3v) is 5.54. The molecule has 4 nitrogen and oxygen atoms in total. The van der Waals surface area contributed by atoms with E-state index in [9.17, 15) is 10.1 Å². The van der Waals surface area contributed by atoms with Crippen molar-refractivity contribution in [1.29, 1.82) is 5.26 Å². The van der Waals surface area contributed by atoms with Crippen molar-refractivity contribution in [2.75, 3.05) is 13.1 Å². The fraction of sp³-hybridized carbons (Fsp3) is 0.571. The Morgan fingerprint density at radius 2 is 2.04 bits per heavy atom. The Labute approximate surface area is 151 Å². The van der Waals surface area contributed by atoms with Crippen LogP contribution in [0.25, 0.3) is 0 Å². The zero-order valence-electron chi connectivity index (χ0n) is 14.9. The molecular weight excluding hydrogens is 310 g/mol. The second kappa shape index (κ2) is 8.49. The van der Waals surface area contributed by atoms with Gasteiger partial charge in [0.1, 0.15) is 5.54 Å². The SMILES string of the molecule is N#CC1(NC(=O)[CH]CC2CCCCC2)CCN(Cc2ccccc2)C1. The van der Waals surface area contributed by atoms with Crippen LogP contribution in [0.4, 0.5) is 0 Å². The van der Waals surface area contributed by atoms with Gasteiger partial charge in [0.15, 0.2) is 0 Å². The van der Waals surface area contributed by atoms with Crippen LogP contribution in [0.5, 0.6) is 0 Å². The Morgan fingerprint density at radius 1 is 1.28 bits per heavy atom. The molecule has 1 saturated heterocycles. The van der Waals surface area contributed by atoms with Crippen molar-refractivity contribution in [2.24, 2.45) is 5.92 Å². The van der Waals surface area contributed by atoms with Gasteiger partial charge in [-0.25, -0.2) is 0 Å². The predicted octanol–water partition coefficient (Wildman–Crippen LogP) is 3.45. The molecule has 1 radical (unpaired) electrons. The van der Waals surface area contributed by atoms with E-state index >= 15 is 0 Å². The van der Waals surface area contributed by atoms with E-state index in [0.29, 0.717) is 18.9 Å². The lowest BCUT2D eigenvalue weighted by Crippen LogP contribution is -2.49. The van der Waals surface area contributed by atoms with Crippen LogP contribution in [-0.2, 0) is 11.3 Å². The number of amides is 1. The minimum absolute atomic E-state index is 0.0753. The average Bonchev–Trinajstić information content (AvgIpc) is 3.05. The van der Waals surface area contributed by atoms with Crippen molar-refractivity contribution in [3.05, 3.63) is 42.3 Å². The molecule has 1 N–H and O–H groups in total. The number of hydrogen-bond acceptors (Lipinski definition) is 3. The molecule has 133 valence electrons. The van der Waals surface area contributed by atoms with Gasteiger partial charge in [0, 0.05) is 26.1 Å². The van der Waals surface area contributed by atoms with Gasteiger partial charge in [0.25, 0.3) is 0 Å². The maximum Gasteiger partial charge on any atom is 0.225 e. The Bertz CT molecular complexity index is 603. The summed E-state index contributed by atoms with van der Waals surface area (Å²) in [5.41, 5.74) is 0.501. The highest BCUT2D eigenvalue weighted by Gasteiger charge is 2.39. The van der Waals surface area contributed by atoms with Gasteiger partial charge in [-0.1, -0.05) is 62.4 Å². The molecule has 2 fully saturated rings. The number of nitrogens with one attached hydrogen (secondary N) is 1. The van der Waals surface area contributed by atoms with Gasteiger partial charge in [-0.2, -0.15) is 5.26 Å². The summed E-state index contributed by atoms with van der Waals surface area (Å²) in [6.45, 7) is 2.26. The third kappa shape index (κ3) is 5.06. The molecule has 0 bridgehead atoms. The zero-order chi connectivity index (χ0) is 17.5. The fourth-order valence-electron chi connectivity index (χ4n) is 4.07. The van der Waals surface area contributed by atoms with Crippen LogP contribution in [0.1, 0.15) is 50.5 Å². The highest BCUT2D eigenvalue weighted by atomic mass is 16.1. The molecule has 1 amide bonds. The van der Waals surface area contributed by atoms with Crippen LogP contribution in [0.15, 0.2) is 30.3 Å². The van der Waals surface area contributed by atoms with Crippen molar-refractivity contribution >= 4 is 5.91 Å². The second-order valence-electron chi connectivity index (χ2n) is 7.57. The second-order valence-corrected chi connectivity index (χ2v) is 7.57. The van der Waals surface area contributed by atoms with E-state index in [1.807, 2.05) is 18.2 Å². The smallest absolute Gasteiger partial charge is 0.225 e. The monoisotopic (exact) mass is 338 g/mol. The molecule has 1 atom stereocenters. The fourth-order valence-corrected chi connectivity index (χ4v) is 4.07. The maximum absolute atomic E-state index is 12.3. The highest BCUT2D eigenvalue weighted by molar-refractivity contribution is 5.85. The topological polar surface area (TPSA) is 56.1 Å². The average molecular weight is 338 g/mol. The normalized spacial score (nSPS) is 24.8. The Balaban J connectivity index is 1.48. The number of nitriles is 1. The molecule has 1 saturated carbocycles. The molecule has 1 aliphatic carbocycles. The molecule has 1 aromatic rings. The van der Waals surface area contributed by atoms with Gasteiger partial charge in [-0.3, -0.25) is 9.69 Å². The number of carbonyl (C=O) groups is 1. The molecule has 3 rings (SSSR count). The first-order valence-corrected chi connectivity index (χ1v) is 9.52. The van der Waals surface area contributed by atoms with Crippen LogP contribution >= 0.6 is 0 Å². The maximum atomic E-state index is 12.3. The van der Waals surface area contributed by atoms with Gasteiger partial charge in [0.2, 0.25) is 5.91 Å². The molecule has 0 aromatic heterocycles. The summed E-state index contributed by atoms with van der Waals surface area (Å²) in [5, 5.41) is 12.7. The predicted molar refractivity (Wildman–Crippen MR) is 98.3 cm³/mol. The van der Waals surface area contributed by atoms with E-state index in [1.54, 1.807) is 6.42 Å². The summed E-state index contributed by atoms with van der Waals surface area (Å²) in [4.78, 5) is 14.6. The number of hydrogen-bond donors (Lipinski definition) is 1. The van der Waals surface area contributed by atoms with Crippen molar-refractivity contribution in [2.45, 2.75) is 57.0 Å². The highest BCUT2D eigenvalue weighted by Crippen LogP contribution is 2.27. The molecule has 2 aliphatic rings. The first kappa shape index (κ1) is 17.9. The quantitative estimate of drug-likeness (QED) is 0.864. The molecule has 25 heavy (non-hydrogen) atoms. The first-order chi connectivity index (χ1) is 12.2. The van der Waals surface area contributed by atoms with Crippen LogP contribution < -0.4 is 5.32 Å². The molecule has 1 heterocycles. The van der Waals surface area contributed by atoms with E-state index in [4.69, 9.17) is 0 Å². The number of benzene rings is 1. The van der Waals surface area contributed by atoms with Gasteiger partial charge < -0.3 is 5.32 Å². The molecular formula is C21H28N3O. The van der Waals surface area contributed by atoms with Crippen molar-refractivity contribution < 1.29 is 4.79 Å². The molecule has 0 spiro atoms. The van der Waals surface area contributed by atoms with E-state index in [1.165, 1.54) is 37.7 Å². The molecule has 1 aliphatic heterocycles. The van der Waals surface area contributed by atoms with E-state index in [0.717, 1.165) is 19.5 Å². The lowest BCUT2D eigenvalue weighted by molar-refractivity contribution is -0.119. The van der Waals surface area contributed by atoms with Crippen LogP contribution in [0.3, 0.4) is 0 Å². The Hall–Kier alpha value is -1.86. The minimum atomic E-state index is -0.741. The molecule has 1 unspecified atom stereocenters. The van der Waals surface area contributed by atoms with Crippen molar-refractivity contribution in [3.63, 3.8) is 0 Å². The van der Waals surface area contributed by atoms with Crippen LogP contribution in [0, 0.1) is 23.7 Å². The standard InChI is InChI=1S/C21H28N3O/c22-16-21(23-20(25)12-11-18-7-3-1-4-8-18)13-14-24(17-21)15-19-9-5-2-6-10-19/h2,5-6,9-10,12,18H,1,3-4,7-8,11,13-15,17H2,(H,23,25). The molecule has 1 aromatic carbocycles. The summed E-state index contributed by atoms with van der Waals surface area (Å²) < 4.78 is 0. The minimum Gasteiger partial charge on any atom is -0.336 e. The van der Waals surface area contributed by atoms with Crippen molar-refractivity contribution in [3.8, 4) is 6.07 Å². The van der Waals surface area contributed by atoms with Crippen molar-refractivity contribution in [1.82, 2.24) is 10.2 Å². The number of carbonyl (C=O) groups excluding carboxylic acids is 1. The van der Waals surface area contributed by atoms with Crippen LogP contribution in [-0.4, -0.2) is 29.4 Å². The molecule has 4 heteroatoms. The van der Waals surface area contributed by atoms with E-state index in [-0.39, 0.29) is 5.91 Å². The summed E-state index contributed by atoms with van der Waals surface area (Å²) in [6.07, 6.45) is 9.69. The lowest BCUT2D eigenvalue weighted by Gasteiger charge is -2.25. The van der Waals surface area contributed by atoms with Gasteiger partial charge in [0.05, 0.1) is 6.07 Å². The number of likely N-dealkylation sites (tertiary alicyclic amines) is 1. The summed E-state index contributed by atoms with van der Waals surface area (Å²) in [5.74, 6) is 0.573.